The summed E-state index contributed by atoms with van der Waals surface area (Å²) in [4.78, 5) is 2.46. The van der Waals surface area contributed by atoms with Gasteiger partial charge < -0.3 is 18.9 Å². The van der Waals surface area contributed by atoms with Gasteiger partial charge in [0.15, 0.2) is 6.29 Å². The molecule has 2 aliphatic heterocycles. The van der Waals surface area contributed by atoms with E-state index in [4.69, 9.17) is 18.9 Å². The van der Waals surface area contributed by atoms with Crippen LogP contribution in [0, 0.1) is 5.92 Å². The number of benzene rings is 1. The Balaban J connectivity index is 1.58. The van der Waals surface area contributed by atoms with Crippen molar-refractivity contribution in [3.63, 3.8) is 0 Å². The largest absolute Gasteiger partial charge is 0.497 e. The molecule has 0 bridgehead atoms. The van der Waals surface area contributed by atoms with Crippen LogP contribution in [0.1, 0.15) is 18.4 Å². The molecule has 0 radical (unpaired) electrons. The molecule has 5 heteroatoms. The van der Waals surface area contributed by atoms with Gasteiger partial charge in [0.05, 0.1) is 27.4 Å². The maximum atomic E-state index is 5.64. The first-order valence-electron chi connectivity index (χ1n) is 7.96. The molecule has 1 aromatic rings. The third-order valence-corrected chi connectivity index (χ3v) is 4.55. The topological polar surface area (TPSA) is 40.2 Å². The van der Waals surface area contributed by atoms with Crippen molar-refractivity contribution >= 4 is 0 Å². The van der Waals surface area contributed by atoms with Gasteiger partial charge in [-0.25, -0.2) is 0 Å². The van der Waals surface area contributed by atoms with Gasteiger partial charge in [-0.05, 0) is 44.1 Å². The highest BCUT2D eigenvalue weighted by atomic mass is 16.7. The van der Waals surface area contributed by atoms with Gasteiger partial charge >= 0.3 is 0 Å². The molecule has 122 valence electrons. The number of rotatable bonds is 5. The molecule has 0 N–H and O–H groups in total. The number of nitrogens with zero attached hydrogens (tertiary/aromatic N) is 1. The zero-order valence-electron chi connectivity index (χ0n) is 13.4. The van der Waals surface area contributed by atoms with Gasteiger partial charge in [0, 0.05) is 18.0 Å². The van der Waals surface area contributed by atoms with Gasteiger partial charge in [0.25, 0.3) is 0 Å². The molecule has 0 saturated carbocycles. The summed E-state index contributed by atoms with van der Waals surface area (Å²) >= 11 is 0. The molecule has 2 heterocycles. The smallest absolute Gasteiger partial charge is 0.160 e. The highest BCUT2D eigenvalue weighted by molar-refractivity contribution is 5.40. The Bertz CT molecular complexity index is 480. The van der Waals surface area contributed by atoms with E-state index in [0.29, 0.717) is 5.92 Å². The Labute approximate surface area is 132 Å². The predicted molar refractivity (Wildman–Crippen MR) is 83.2 cm³/mol. The van der Waals surface area contributed by atoms with Gasteiger partial charge in [-0.2, -0.15) is 0 Å². The van der Waals surface area contributed by atoms with Crippen molar-refractivity contribution in [2.45, 2.75) is 25.7 Å². The second-order valence-corrected chi connectivity index (χ2v) is 5.90. The second kappa shape index (κ2) is 7.31. The van der Waals surface area contributed by atoms with Crippen molar-refractivity contribution in [3.05, 3.63) is 23.8 Å². The average molecular weight is 307 g/mol. The lowest BCUT2D eigenvalue weighted by atomic mass is 9.96. The van der Waals surface area contributed by atoms with Crippen LogP contribution in [0.5, 0.6) is 11.5 Å². The molecule has 22 heavy (non-hydrogen) atoms. The van der Waals surface area contributed by atoms with Crippen molar-refractivity contribution in [3.8, 4) is 11.5 Å². The van der Waals surface area contributed by atoms with Crippen LogP contribution in [0.3, 0.4) is 0 Å². The zero-order valence-corrected chi connectivity index (χ0v) is 13.4. The minimum Gasteiger partial charge on any atom is -0.497 e. The molecule has 0 amide bonds. The average Bonchev–Trinajstić information content (AvgIpc) is 3.10. The molecule has 0 spiro atoms. The number of methoxy groups -OCH3 is 2. The maximum absolute atomic E-state index is 5.64. The number of hydrogen-bond donors (Lipinski definition) is 0. The third kappa shape index (κ3) is 3.54. The van der Waals surface area contributed by atoms with E-state index < -0.39 is 0 Å². The van der Waals surface area contributed by atoms with Crippen molar-refractivity contribution in [2.75, 3.05) is 40.5 Å². The minimum atomic E-state index is 0.0218. The predicted octanol–water partition coefficient (Wildman–Crippen LogP) is 2.29. The highest BCUT2D eigenvalue weighted by Gasteiger charge is 2.30. The molecule has 2 fully saturated rings. The number of hydrogen-bond acceptors (Lipinski definition) is 5. The first-order chi connectivity index (χ1) is 10.8. The van der Waals surface area contributed by atoms with E-state index in [0.717, 1.165) is 57.2 Å². The molecule has 2 aliphatic rings. The molecule has 1 aromatic carbocycles. The monoisotopic (exact) mass is 307 g/mol. The van der Waals surface area contributed by atoms with E-state index in [9.17, 15) is 0 Å². The van der Waals surface area contributed by atoms with Gasteiger partial charge in [-0.15, -0.1) is 0 Å². The quantitative estimate of drug-likeness (QED) is 0.835. The fraction of sp³-hybridized carbons (Fsp3) is 0.647. The summed E-state index contributed by atoms with van der Waals surface area (Å²) in [6.45, 7) is 4.50. The van der Waals surface area contributed by atoms with Crippen LogP contribution in [0.2, 0.25) is 0 Å². The number of likely N-dealkylation sites (tertiary alicyclic amines) is 1. The standard InChI is InChI=1S/C17H25NO4/c1-19-15-3-4-16(20-2)14(11-15)12-18-7-5-13(6-8-18)17-21-9-10-22-17/h3-4,11,13,17H,5-10,12H2,1-2H3. The molecule has 0 atom stereocenters. The minimum absolute atomic E-state index is 0.0218. The highest BCUT2D eigenvalue weighted by Crippen LogP contribution is 2.29. The van der Waals surface area contributed by atoms with Crippen LogP contribution in [0.4, 0.5) is 0 Å². The summed E-state index contributed by atoms with van der Waals surface area (Å²) in [5, 5.41) is 0. The van der Waals surface area contributed by atoms with E-state index >= 15 is 0 Å². The van der Waals surface area contributed by atoms with Crippen LogP contribution < -0.4 is 9.47 Å². The summed E-state index contributed by atoms with van der Waals surface area (Å²) in [7, 11) is 3.41. The van der Waals surface area contributed by atoms with Crippen LogP contribution in [-0.4, -0.2) is 51.7 Å². The Kier molecular flexibility index (Phi) is 5.18. The van der Waals surface area contributed by atoms with Gasteiger partial charge in [-0.3, -0.25) is 4.90 Å². The molecule has 2 saturated heterocycles. The first kappa shape index (κ1) is 15.6. The number of ether oxygens (including phenoxy) is 4. The van der Waals surface area contributed by atoms with Gasteiger partial charge in [-0.1, -0.05) is 0 Å². The lowest BCUT2D eigenvalue weighted by molar-refractivity contribution is -0.0978. The fourth-order valence-electron chi connectivity index (χ4n) is 3.28. The maximum Gasteiger partial charge on any atom is 0.160 e. The summed E-state index contributed by atoms with van der Waals surface area (Å²) in [6, 6.07) is 5.97. The molecular weight excluding hydrogens is 282 g/mol. The van der Waals surface area contributed by atoms with E-state index in [1.807, 2.05) is 12.1 Å². The molecule has 5 nitrogen and oxygen atoms in total. The molecule has 3 rings (SSSR count). The Hall–Kier alpha value is -1.30. The first-order valence-corrected chi connectivity index (χ1v) is 7.96. The Morgan fingerprint density at radius 1 is 1.09 bits per heavy atom. The normalized spacial score (nSPS) is 21.2. The van der Waals surface area contributed by atoms with Crippen LogP contribution in [0.15, 0.2) is 18.2 Å². The van der Waals surface area contributed by atoms with Crippen molar-refractivity contribution in [1.82, 2.24) is 4.90 Å². The van der Waals surface area contributed by atoms with E-state index in [1.165, 1.54) is 5.56 Å². The summed E-state index contributed by atoms with van der Waals surface area (Å²) in [6.07, 6.45) is 2.27. The van der Waals surface area contributed by atoms with Crippen LogP contribution in [0.25, 0.3) is 0 Å². The summed E-state index contributed by atoms with van der Waals surface area (Å²) in [5.41, 5.74) is 1.17. The molecule has 0 aliphatic carbocycles. The Morgan fingerprint density at radius 3 is 2.45 bits per heavy atom. The summed E-state index contributed by atoms with van der Waals surface area (Å²) in [5.74, 6) is 2.33. The van der Waals surface area contributed by atoms with Crippen molar-refractivity contribution in [1.29, 1.82) is 0 Å². The van der Waals surface area contributed by atoms with Crippen LogP contribution in [-0.2, 0) is 16.0 Å². The zero-order chi connectivity index (χ0) is 15.4. The Morgan fingerprint density at radius 2 is 1.82 bits per heavy atom. The van der Waals surface area contributed by atoms with Crippen molar-refractivity contribution < 1.29 is 18.9 Å². The lowest BCUT2D eigenvalue weighted by Crippen LogP contribution is -2.37. The van der Waals surface area contributed by atoms with E-state index in [-0.39, 0.29) is 6.29 Å². The van der Waals surface area contributed by atoms with Crippen LogP contribution >= 0.6 is 0 Å². The SMILES string of the molecule is COc1ccc(OC)c(CN2CCC(C3OCCO3)CC2)c1. The lowest BCUT2D eigenvalue weighted by Gasteiger charge is -2.34. The third-order valence-electron chi connectivity index (χ3n) is 4.55. The second-order valence-electron chi connectivity index (χ2n) is 5.90. The summed E-state index contributed by atoms with van der Waals surface area (Å²) < 4.78 is 22.1. The van der Waals surface area contributed by atoms with E-state index in [1.54, 1.807) is 14.2 Å². The van der Waals surface area contributed by atoms with Gasteiger partial charge in [0.2, 0.25) is 0 Å². The van der Waals surface area contributed by atoms with Gasteiger partial charge in [0.1, 0.15) is 11.5 Å². The molecule has 0 aromatic heterocycles. The molecule has 0 unspecified atom stereocenters. The van der Waals surface area contributed by atoms with E-state index in [2.05, 4.69) is 11.0 Å². The molecular formula is C17H25NO4. The number of piperidine rings is 1. The fourth-order valence-corrected chi connectivity index (χ4v) is 3.28. The van der Waals surface area contributed by atoms with Crippen molar-refractivity contribution in [2.24, 2.45) is 5.92 Å².